The zero-order valence-corrected chi connectivity index (χ0v) is 13.9. The van der Waals surface area contributed by atoms with Gasteiger partial charge in [-0.05, 0) is 31.4 Å². The first-order valence-electron chi connectivity index (χ1n) is 8.31. The van der Waals surface area contributed by atoms with Crippen LogP contribution in [0.2, 0.25) is 0 Å². The minimum atomic E-state index is -0.395. The lowest BCUT2D eigenvalue weighted by Crippen LogP contribution is -2.51. The van der Waals surface area contributed by atoms with E-state index >= 15 is 0 Å². The van der Waals surface area contributed by atoms with Gasteiger partial charge in [0.05, 0.1) is 32.3 Å². The zero-order valence-electron chi connectivity index (χ0n) is 13.9. The summed E-state index contributed by atoms with van der Waals surface area (Å²) in [6, 6.07) is 5.54. The van der Waals surface area contributed by atoms with Crippen LogP contribution in [0, 0.1) is 0 Å². The van der Waals surface area contributed by atoms with Crippen LogP contribution in [0.15, 0.2) is 18.2 Å². The Labute approximate surface area is 137 Å². The third-order valence-electron chi connectivity index (χ3n) is 5.41. The van der Waals surface area contributed by atoms with Crippen LogP contribution in [0.5, 0.6) is 11.5 Å². The predicted molar refractivity (Wildman–Crippen MR) is 86.8 cm³/mol. The molecule has 5 heteroatoms. The molecular formula is C18H25NO4. The molecule has 0 unspecified atom stereocenters. The summed E-state index contributed by atoms with van der Waals surface area (Å²) in [5.74, 6) is 1.38. The molecule has 1 aromatic rings. The Balaban J connectivity index is 1.85. The maximum atomic E-state index is 13.0. The highest BCUT2D eigenvalue weighted by Gasteiger charge is 2.51. The molecule has 1 aliphatic heterocycles. The number of likely N-dealkylation sites (tertiary alicyclic amines) is 1. The van der Waals surface area contributed by atoms with E-state index in [1.165, 1.54) is 0 Å². The second-order valence-electron chi connectivity index (χ2n) is 6.48. The molecule has 3 rings (SSSR count). The van der Waals surface area contributed by atoms with E-state index in [0.29, 0.717) is 24.5 Å². The van der Waals surface area contributed by atoms with Crippen molar-refractivity contribution in [3.63, 3.8) is 0 Å². The molecular weight excluding hydrogens is 294 g/mol. The largest absolute Gasteiger partial charge is 0.496 e. The Morgan fingerprint density at radius 2 is 1.87 bits per heavy atom. The zero-order chi connectivity index (χ0) is 16.4. The van der Waals surface area contributed by atoms with Crippen LogP contribution >= 0.6 is 0 Å². The molecule has 1 saturated carbocycles. The highest BCUT2D eigenvalue weighted by molar-refractivity contribution is 5.81. The number of ether oxygens (including phenoxy) is 2. The Kier molecular flexibility index (Phi) is 4.48. The molecule has 23 heavy (non-hydrogen) atoms. The number of amides is 1. The number of hydrogen-bond acceptors (Lipinski definition) is 4. The van der Waals surface area contributed by atoms with Crippen molar-refractivity contribution in [2.75, 3.05) is 20.8 Å². The summed E-state index contributed by atoms with van der Waals surface area (Å²) in [6.07, 6.45) is 4.49. The third kappa shape index (κ3) is 2.67. The molecule has 2 aliphatic rings. The monoisotopic (exact) mass is 319 g/mol. The lowest BCUT2D eigenvalue weighted by Gasteiger charge is -2.37. The number of carbonyl (C=O) groups is 1. The second kappa shape index (κ2) is 6.40. The standard InChI is InChI=1S/C18H25NO4/c1-22-14-6-5-7-15(23-2)13(14)12-17(21)19-11-8-16(20)18(19)9-3-4-10-18/h5-7,16,20H,3-4,8-12H2,1-2H3/t16-/m0/s1. The minimum Gasteiger partial charge on any atom is -0.496 e. The molecule has 1 spiro atoms. The summed E-state index contributed by atoms with van der Waals surface area (Å²) in [7, 11) is 3.20. The van der Waals surface area contributed by atoms with Crippen LogP contribution in [-0.2, 0) is 11.2 Å². The van der Waals surface area contributed by atoms with E-state index in [0.717, 1.165) is 31.2 Å². The Hall–Kier alpha value is -1.75. The summed E-state index contributed by atoms with van der Waals surface area (Å²) < 4.78 is 10.8. The van der Waals surface area contributed by atoms with E-state index in [2.05, 4.69) is 0 Å². The summed E-state index contributed by atoms with van der Waals surface area (Å²) in [6.45, 7) is 0.636. The number of aliphatic hydroxyl groups excluding tert-OH is 1. The summed E-state index contributed by atoms with van der Waals surface area (Å²) in [5.41, 5.74) is 0.434. The topological polar surface area (TPSA) is 59.0 Å². The fraction of sp³-hybridized carbons (Fsp3) is 0.611. The first-order valence-corrected chi connectivity index (χ1v) is 8.31. The molecule has 1 aromatic carbocycles. The van der Waals surface area contributed by atoms with Crippen molar-refractivity contribution < 1.29 is 19.4 Å². The van der Waals surface area contributed by atoms with Crippen LogP contribution < -0.4 is 9.47 Å². The lowest BCUT2D eigenvalue weighted by molar-refractivity contribution is -0.136. The second-order valence-corrected chi connectivity index (χ2v) is 6.48. The van der Waals surface area contributed by atoms with Gasteiger partial charge in [0.25, 0.3) is 0 Å². The van der Waals surface area contributed by atoms with Crippen molar-refractivity contribution in [3.05, 3.63) is 23.8 Å². The Morgan fingerprint density at radius 1 is 1.26 bits per heavy atom. The fourth-order valence-corrected chi connectivity index (χ4v) is 4.23. The van der Waals surface area contributed by atoms with Gasteiger partial charge in [-0.25, -0.2) is 0 Å². The average Bonchev–Trinajstić information content (AvgIpc) is 3.17. The van der Waals surface area contributed by atoms with Crippen molar-refractivity contribution in [1.29, 1.82) is 0 Å². The van der Waals surface area contributed by atoms with E-state index in [1.807, 2.05) is 23.1 Å². The number of aliphatic hydroxyl groups is 1. The van der Waals surface area contributed by atoms with Gasteiger partial charge < -0.3 is 19.5 Å². The van der Waals surface area contributed by atoms with Crippen molar-refractivity contribution >= 4 is 5.91 Å². The number of carbonyl (C=O) groups excluding carboxylic acids is 1. The molecule has 0 bridgehead atoms. The van der Waals surface area contributed by atoms with E-state index in [-0.39, 0.29) is 17.9 Å². The van der Waals surface area contributed by atoms with Gasteiger partial charge in [-0.2, -0.15) is 0 Å². The van der Waals surface area contributed by atoms with E-state index in [9.17, 15) is 9.90 Å². The molecule has 1 amide bonds. The number of nitrogens with zero attached hydrogens (tertiary/aromatic N) is 1. The van der Waals surface area contributed by atoms with Crippen molar-refractivity contribution in [1.82, 2.24) is 4.90 Å². The van der Waals surface area contributed by atoms with E-state index < -0.39 is 6.10 Å². The minimum absolute atomic E-state index is 0.0475. The van der Waals surface area contributed by atoms with Crippen molar-refractivity contribution in [2.45, 2.75) is 50.2 Å². The molecule has 2 fully saturated rings. The van der Waals surface area contributed by atoms with Gasteiger partial charge in [0.2, 0.25) is 5.91 Å². The fourth-order valence-electron chi connectivity index (χ4n) is 4.23. The number of benzene rings is 1. The average molecular weight is 319 g/mol. The maximum absolute atomic E-state index is 13.0. The molecule has 1 heterocycles. The smallest absolute Gasteiger partial charge is 0.227 e. The number of hydrogen-bond donors (Lipinski definition) is 1. The molecule has 0 radical (unpaired) electrons. The van der Waals surface area contributed by atoms with Crippen LogP contribution in [0.1, 0.15) is 37.7 Å². The SMILES string of the molecule is COc1cccc(OC)c1CC(=O)N1CC[C@H](O)C12CCCC2. The van der Waals surface area contributed by atoms with Crippen LogP contribution in [0.3, 0.4) is 0 Å². The highest BCUT2D eigenvalue weighted by atomic mass is 16.5. The molecule has 1 saturated heterocycles. The summed E-state index contributed by atoms with van der Waals surface area (Å²) in [5, 5.41) is 10.4. The van der Waals surface area contributed by atoms with Crippen molar-refractivity contribution in [3.8, 4) is 11.5 Å². The molecule has 5 nitrogen and oxygen atoms in total. The van der Waals surface area contributed by atoms with Gasteiger partial charge in [0.1, 0.15) is 11.5 Å². The number of methoxy groups -OCH3 is 2. The molecule has 1 aliphatic carbocycles. The van der Waals surface area contributed by atoms with Crippen LogP contribution in [-0.4, -0.2) is 48.3 Å². The van der Waals surface area contributed by atoms with Gasteiger partial charge >= 0.3 is 0 Å². The quantitative estimate of drug-likeness (QED) is 0.924. The first-order chi connectivity index (χ1) is 11.1. The predicted octanol–water partition coefficient (Wildman–Crippen LogP) is 2.15. The van der Waals surface area contributed by atoms with Gasteiger partial charge in [0.15, 0.2) is 0 Å². The molecule has 1 atom stereocenters. The first kappa shape index (κ1) is 16.1. The van der Waals surface area contributed by atoms with Gasteiger partial charge in [0, 0.05) is 12.1 Å². The molecule has 1 N–H and O–H groups in total. The molecule has 0 aromatic heterocycles. The third-order valence-corrected chi connectivity index (χ3v) is 5.41. The highest BCUT2D eigenvalue weighted by Crippen LogP contribution is 2.44. The normalized spacial score (nSPS) is 22.6. The Morgan fingerprint density at radius 3 is 2.43 bits per heavy atom. The van der Waals surface area contributed by atoms with Gasteiger partial charge in [-0.15, -0.1) is 0 Å². The van der Waals surface area contributed by atoms with E-state index in [1.54, 1.807) is 14.2 Å². The maximum Gasteiger partial charge on any atom is 0.227 e. The van der Waals surface area contributed by atoms with Gasteiger partial charge in [-0.3, -0.25) is 4.79 Å². The summed E-state index contributed by atoms with van der Waals surface area (Å²) in [4.78, 5) is 14.9. The van der Waals surface area contributed by atoms with Crippen LogP contribution in [0.4, 0.5) is 0 Å². The molecule has 126 valence electrons. The van der Waals surface area contributed by atoms with Crippen molar-refractivity contribution in [2.24, 2.45) is 0 Å². The van der Waals surface area contributed by atoms with Gasteiger partial charge in [-0.1, -0.05) is 18.9 Å². The number of rotatable bonds is 4. The summed E-state index contributed by atoms with van der Waals surface area (Å²) >= 11 is 0. The Bertz CT molecular complexity index is 558. The van der Waals surface area contributed by atoms with E-state index in [4.69, 9.17) is 9.47 Å². The van der Waals surface area contributed by atoms with Crippen LogP contribution in [0.25, 0.3) is 0 Å². The lowest BCUT2D eigenvalue weighted by atomic mass is 9.91.